The first kappa shape index (κ1) is 9.21. The van der Waals surface area contributed by atoms with Crippen LogP contribution in [0.1, 0.15) is 51.4 Å². The van der Waals surface area contributed by atoms with E-state index in [0.717, 1.165) is 23.7 Å². The molecule has 3 aliphatic carbocycles. The SMILES string of the molecule is N[C@H]1[C@@H]2CC[C@@H](C2)[C@@H]1C1CCCCC1. The number of hydrogen-bond donors (Lipinski definition) is 1. The molecule has 4 atom stereocenters. The van der Waals surface area contributed by atoms with Crippen LogP contribution in [0.3, 0.4) is 0 Å². The number of fused-ring (bicyclic) bond motifs is 2. The highest BCUT2D eigenvalue weighted by Crippen LogP contribution is 2.52. The lowest BCUT2D eigenvalue weighted by Gasteiger charge is -2.37. The first-order valence-corrected chi connectivity index (χ1v) is 6.62. The van der Waals surface area contributed by atoms with Gasteiger partial charge in [-0.1, -0.05) is 32.1 Å². The van der Waals surface area contributed by atoms with Gasteiger partial charge in [-0.3, -0.25) is 0 Å². The Labute approximate surface area is 87.4 Å². The van der Waals surface area contributed by atoms with Gasteiger partial charge in [0.25, 0.3) is 0 Å². The van der Waals surface area contributed by atoms with Gasteiger partial charge in [0, 0.05) is 6.04 Å². The molecule has 3 aliphatic rings. The molecule has 0 amide bonds. The van der Waals surface area contributed by atoms with E-state index in [1.54, 1.807) is 0 Å². The Morgan fingerprint density at radius 3 is 2.07 bits per heavy atom. The van der Waals surface area contributed by atoms with Crippen molar-refractivity contribution in [1.29, 1.82) is 0 Å². The van der Waals surface area contributed by atoms with Crippen molar-refractivity contribution in [3.05, 3.63) is 0 Å². The monoisotopic (exact) mass is 193 g/mol. The van der Waals surface area contributed by atoms with E-state index in [1.807, 2.05) is 0 Å². The highest BCUT2D eigenvalue weighted by Gasteiger charge is 2.48. The standard InChI is InChI=1S/C13H23N/c14-13-11-7-6-10(8-11)12(13)9-4-2-1-3-5-9/h9-13H,1-8,14H2/t10-,11+,12-,13-/m0/s1. The second-order valence-electron chi connectivity index (χ2n) is 5.89. The summed E-state index contributed by atoms with van der Waals surface area (Å²) in [4.78, 5) is 0. The van der Waals surface area contributed by atoms with Crippen LogP contribution in [0.15, 0.2) is 0 Å². The summed E-state index contributed by atoms with van der Waals surface area (Å²) in [7, 11) is 0. The van der Waals surface area contributed by atoms with Crippen LogP contribution >= 0.6 is 0 Å². The number of hydrogen-bond acceptors (Lipinski definition) is 1. The summed E-state index contributed by atoms with van der Waals surface area (Å²) >= 11 is 0. The van der Waals surface area contributed by atoms with Crippen molar-refractivity contribution in [3.8, 4) is 0 Å². The quantitative estimate of drug-likeness (QED) is 0.681. The summed E-state index contributed by atoms with van der Waals surface area (Å²) in [5, 5.41) is 0. The molecule has 0 heterocycles. The van der Waals surface area contributed by atoms with Crippen molar-refractivity contribution in [3.63, 3.8) is 0 Å². The third-order valence-corrected chi connectivity index (χ3v) is 5.24. The molecule has 0 aliphatic heterocycles. The number of rotatable bonds is 1. The van der Waals surface area contributed by atoms with Crippen LogP contribution in [0.2, 0.25) is 0 Å². The highest BCUT2D eigenvalue weighted by atomic mass is 14.7. The molecule has 0 aromatic heterocycles. The minimum absolute atomic E-state index is 0.580. The Morgan fingerprint density at radius 1 is 0.714 bits per heavy atom. The van der Waals surface area contributed by atoms with E-state index in [-0.39, 0.29) is 0 Å². The summed E-state index contributed by atoms with van der Waals surface area (Å²) in [6.45, 7) is 0. The molecule has 0 spiro atoms. The van der Waals surface area contributed by atoms with Crippen LogP contribution in [0.4, 0.5) is 0 Å². The lowest BCUT2D eigenvalue weighted by Crippen LogP contribution is -2.40. The van der Waals surface area contributed by atoms with E-state index in [2.05, 4.69) is 0 Å². The molecule has 1 nitrogen and oxygen atoms in total. The van der Waals surface area contributed by atoms with Crippen LogP contribution < -0.4 is 5.73 Å². The van der Waals surface area contributed by atoms with Gasteiger partial charge in [-0.25, -0.2) is 0 Å². The van der Waals surface area contributed by atoms with Crippen molar-refractivity contribution in [2.45, 2.75) is 57.4 Å². The molecular formula is C13H23N. The average molecular weight is 193 g/mol. The Morgan fingerprint density at radius 2 is 1.43 bits per heavy atom. The molecule has 3 saturated carbocycles. The Bertz CT molecular complexity index is 205. The Balaban J connectivity index is 1.71. The zero-order valence-electron chi connectivity index (χ0n) is 9.12. The zero-order valence-corrected chi connectivity index (χ0v) is 9.12. The van der Waals surface area contributed by atoms with Crippen molar-refractivity contribution in [2.75, 3.05) is 0 Å². The fraction of sp³-hybridized carbons (Fsp3) is 1.00. The van der Waals surface area contributed by atoms with E-state index in [4.69, 9.17) is 5.73 Å². The predicted octanol–water partition coefficient (Wildman–Crippen LogP) is 2.94. The minimum Gasteiger partial charge on any atom is -0.327 e. The molecule has 2 N–H and O–H groups in total. The number of nitrogens with two attached hydrogens (primary N) is 1. The van der Waals surface area contributed by atoms with Gasteiger partial charge >= 0.3 is 0 Å². The molecular weight excluding hydrogens is 170 g/mol. The van der Waals surface area contributed by atoms with Gasteiger partial charge in [-0.05, 0) is 42.9 Å². The lowest BCUT2D eigenvalue weighted by molar-refractivity contribution is 0.158. The Kier molecular flexibility index (Phi) is 2.31. The maximum Gasteiger partial charge on any atom is 0.0101 e. The van der Waals surface area contributed by atoms with Gasteiger partial charge in [0.1, 0.15) is 0 Å². The van der Waals surface area contributed by atoms with Crippen molar-refractivity contribution >= 4 is 0 Å². The Hall–Kier alpha value is -0.0400. The summed E-state index contributed by atoms with van der Waals surface area (Å²) in [6.07, 6.45) is 11.8. The molecule has 0 unspecified atom stereocenters. The third-order valence-electron chi connectivity index (χ3n) is 5.24. The largest absolute Gasteiger partial charge is 0.327 e. The molecule has 0 saturated heterocycles. The van der Waals surface area contributed by atoms with Gasteiger partial charge in [0.05, 0.1) is 0 Å². The second-order valence-corrected chi connectivity index (χ2v) is 5.89. The predicted molar refractivity (Wildman–Crippen MR) is 58.9 cm³/mol. The van der Waals surface area contributed by atoms with Gasteiger partial charge < -0.3 is 5.73 Å². The molecule has 0 aromatic carbocycles. The summed E-state index contributed by atoms with van der Waals surface area (Å²) in [5.74, 6) is 3.87. The third kappa shape index (κ3) is 1.32. The molecule has 3 rings (SSSR count). The van der Waals surface area contributed by atoms with Crippen LogP contribution in [-0.2, 0) is 0 Å². The molecule has 1 heteroatoms. The smallest absolute Gasteiger partial charge is 0.0101 e. The average Bonchev–Trinajstić information content (AvgIpc) is 2.79. The van der Waals surface area contributed by atoms with E-state index in [9.17, 15) is 0 Å². The van der Waals surface area contributed by atoms with Gasteiger partial charge in [-0.2, -0.15) is 0 Å². The van der Waals surface area contributed by atoms with Crippen molar-refractivity contribution in [2.24, 2.45) is 29.4 Å². The van der Waals surface area contributed by atoms with Gasteiger partial charge in [0.15, 0.2) is 0 Å². The molecule has 80 valence electrons. The first-order chi connectivity index (χ1) is 6.86. The summed E-state index contributed by atoms with van der Waals surface area (Å²) < 4.78 is 0. The van der Waals surface area contributed by atoms with Crippen LogP contribution in [0, 0.1) is 23.7 Å². The summed E-state index contributed by atoms with van der Waals surface area (Å²) in [6, 6.07) is 0.580. The fourth-order valence-corrected chi connectivity index (χ4v) is 4.60. The van der Waals surface area contributed by atoms with E-state index >= 15 is 0 Å². The minimum atomic E-state index is 0.580. The van der Waals surface area contributed by atoms with E-state index in [1.165, 1.54) is 51.4 Å². The maximum atomic E-state index is 6.40. The topological polar surface area (TPSA) is 26.0 Å². The van der Waals surface area contributed by atoms with E-state index < -0.39 is 0 Å². The molecule has 0 radical (unpaired) electrons. The fourth-order valence-electron chi connectivity index (χ4n) is 4.60. The van der Waals surface area contributed by atoms with Gasteiger partial charge in [0.2, 0.25) is 0 Å². The molecule has 3 fully saturated rings. The molecule has 2 bridgehead atoms. The lowest BCUT2D eigenvalue weighted by atomic mass is 9.71. The molecule has 0 aromatic rings. The second kappa shape index (κ2) is 3.52. The van der Waals surface area contributed by atoms with Gasteiger partial charge in [-0.15, -0.1) is 0 Å². The van der Waals surface area contributed by atoms with Crippen LogP contribution in [-0.4, -0.2) is 6.04 Å². The van der Waals surface area contributed by atoms with E-state index in [0.29, 0.717) is 6.04 Å². The van der Waals surface area contributed by atoms with Crippen LogP contribution in [0.5, 0.6) is 0 Å². The van der Waals surface area contributed by atoms with Crippen molar-refractivity contribution in [1.82, 2.24) is 0 Å². The summed E-state index contributed by atoms with van der Waals surface area (Å²) in [5.41, 5.74) is 6.40. The maximum absolute atomic E-state index is 6.40. The van der Waals surface area contributed by atoms with Crippen molar-refractivity contribution < 1.29 is 0 Å². The van der Waals surface area contributed by atoms with Crippen LogP contribution in [0.25, 0.3) is 0 Å². The zero-order chi connectivity index (χ0) is 9.54. The normalized spacial score (nSPS) is 48.6. The molecule has 14 heavy (non-hydrogen) atoms. The highest BCUT2D eigenvalue weighted by molar-refractivity contribution is 5.01. The first-order valence-electron chi connectivity index (χ1n) is 6.62.